The van der Waals surface area contributed by atoms with Gasteiger partial charge in [-0.3, -0.25) is 0 Å². The summed E-state index contributed by atoms with van der Waals surface area (Å²) in [5.74, 6) is 0. The summed E-state index contributed by atoms with van der Waals surface area (Å²) in [7, 11) is 0. The van der Waals surface area contributed by atoms with Crippen molar-refractivity contribution in [3.05, 3.63) is 29.2 Å². The van der Waals surface area contributed by atoms with Crippen molar-refractivity contribution < 1.29 is 0 Å². The molecule has 2 heterocycles. The molecule has 0 bridgehead atoms. The van der Waals surface area contributed by atoms with E-state index in [0.717, 1.165) is 13.0 Å². The monoisotopic (exact) mass is 162 g/mol. The second-order valence-corrected chi connectivity index (χ2v) is 3.19. The minimum atomic E-state index is 0.940. The highest BCUT2D eigenvalue weighted by atomic mass is 14.9. The van der Waals surface area contributed by atoms with E-state index in [-0.39, 0.29) is 0 Å². The Bertz CT molecular complexity index is 297. The second kappa shape index (κ2) is 3.05. The second-order valence-electron chi connectivity index (χ2n) is 3.19. The number of aryl methyl sites for hydroxylation is 1. The van der Waals surface area contributed by atoms with Crippen molar-refractivity contribution in [2.45, 2.75) is 26.3 Å². The van der Waals surface area contributed by atoms with Gasteiger partial charge in [-0.25, -0.2) is 0 Å². The fourth-order valence-electron chi connectivity index (χ4n) is 1.59. The van der Waals surface area contributed by atoms with Crippen LogP contribution >= 0.6 is 0 Å². The van der Waals surface area contributed by atoms with Crippen LogP contribution < -0.4 is 5.32 Å². The Morgan fingerprint density at radius 3 is 3.17 bits per heavy atom. The van der Waals surface area contributed by atoms with Gasteiger partial charge in [0.1, 0.15) is 0 Å². The van der Waals surface area contributed by atoms with E-state index in [1.54, 1.807) is 0 Å². The van der Waals surface area contributed by atoms with Crippen molar-refractivity contribution in [2.75, 3.05) is 0 Å². The Hall–Kier alpha value is -1.18. The van der Waals surface area contributed by atoms with Gasteiger partial charge in [-0.2, -0.15) is 0 Å². The lowest BCUT2D eigenvalue weighted by molar-refractivity contribution is 0.816. The van der Waals surface area contributed by atoms with E-state index < -0.39 is 0 Å². The zero-order chi connectivity index (χ0) is 8.39. The molecule has 0 radical (unpaired) electrons. The minimum absolute atomic E-state index is 0.940. The SMILES string of the molecule is CCCc1cc2c([nH]1)CNC=C2. The standard InChI is InChI=1S/C10H14N2/c1-2-3-9-6-8-4-5-11-7-10(8)12-9/h4-6,11-12H,2-3,7H2,1H3. The van der Waals surface area contributed by atoms with E-state index in [0.29, 0.717) is 0 Å². The predicted molar refractivity (Wildman–Crippen MR) is 50.7 cm³/mol. The fourth-order valence-corrected chi connectivity index (χ4v) is 1.59. The molecular weight excluding hydrogens is 148 g/mol. The van der Waals surface area contributed by atoms with Gasteiger partial charge in [0.15, 0.2) is 0 Å². The number of hydrogen-bond acceptors (Lipinski definition) is 1. The number of fused-ring (bicyclic) bond motifs is 1. The van der Waals surface area contributed by atoms with Crippen LogP contribution in [0, 0.1) is 0 Å². The lowest BCUT2D eigenvalue weighted by Gasteiger charge is -2.05. The van der Waals surface area contributed by atoms with Crippen molar-refractivity contribution >= 4 is 6.08 Å². The molecule has 0 aliphatic carbocycles. The van der Waals surface area contributed by atoms with Gasteiger partial charge >= 0.3 is 0 Å². The maximum atomic E-state index is 3.42. The van der Waals surface area contributed by atoms with Crippen LogP contribution in [0.15, 0.2) is 12.3 Å². The van der Waals surface area contributed by atoms with E-state index in [1.165, 1.54) is 23.4 Å². The Balaban J connectivity index is 2.27. The summed E-state index contributed by atoms with van der Waals surface area (Å²) >= 11 is 0. The molecule has 0 saturated heterocycles. The van der Waals surface area contributed by atoms with Gasteiger partial charge in [-0.1, -0.05) is 13.3 Å². The highest BCUT2D eigenvalue weighted by Gasteiger charge is 2.06. The summed E-state index contributed by atoms with van der Waals surface area (Å²) < 4.78 is 0. The smallest absolute Gasteiger partial charge is 0.0551 e. The van der Waals surface area contributed by atoms with E-state index in [2.05, 4.69) is 29.4 Å². The number of aromatic nitrogens is 1. The molecule has 0 aromatic carbocycles. The normalized spacial score (nSPS) is 14.1. The molecule has 2 N–H and O–H groups in total. The van der Waals surface area contributed by atoms with Crippen LogP contribution in [0.25, 0.3) is 6.08 Å². The number of H-pyrrole nitrogens is 1. The topological polar surface area (TPSA) is 27.8 Å². The Morgan fingerprint density at radius 2 is 2.42 bits per heavy atom. The molecule has 0 unspecified atom stereocenters. The van der Waals surface area contributed by atoms with Gasteiger partial charge < -0.3 is 10.3 Å². The van der Waals surface area contributed by atoms with Crippen molar-refractivity contribution in [1.82, 2.24) is 10.3 Å². The van der Waals surface area contributed by atoms with Gasteiger partial charge in [0.25, 0.3) is 0 Å². The molecule has 2 rings (SSSR count). The molecule has 2 heteroatoms. The molecule has 1 aliphatic rings. The van der Waals surface area contributed by atoms with Crippen molar-refractivity contribution in [3.63, 3.8) is 0 Å². The summed E-state index contributed by atoms with van der Waals surface area (Å²) in [6, 6.07) is 2.25. The number of nitrogens with one attached hydrogen (secondary N) is 2. The first-order chi connectivity index (χ1) is 5.90. The van der Waals surface area contributed by atoms with Gasteiger partial charge in [0.05, 0.1) is 6.54 Å². The first kappa shape index (κ1) is 7.47. The van der Waals surface area contributed by atoms with Crippen LogP contribution in [0.5, 0.6) is 0 Å². The van der Waals surface area contributed by atoms with Gasteiger partial charge in [-0.15, -0.1) is 0 Å². The first-order valence-electron chi connectivity index (χ1n) is 4.51. The van der Waals surface area contributed by atoms with Crippen molar-refractivity contribution in [2.24, 2.45) is 0 Å². The largest absolute Gasteiger partial charge is 0.385 e. The van der Waals surface area contributed by atoms with Crippen molar-refractivity contribution in [1.29, 1.82) is 0 Å². The molecular formula is C10H14N2. The van der Waals surface area contributed by atoms with Crippen LogP contribution in [0.3, 0.4) is 0 Å². The van der Waals surface area contributed by atoms with Crippen LogP contribution in [-0.4, -0.2) is 4.98 Å². The van der Waals surface area contributed by atoms with E-state index in [1.807, 2.05) is 6.20 Å². The maximum Gasteiger partial charge on any atom is 0.0551 e. The average molecular weight is 162 g/mol. The first-order valence-corrected chi connectivity index (χ1v) is 4.51. The minimum Gasteiger partial charge on any atom is -0.385 e. The third-order valence-electron chi connectivity index (χ3n) is 2.17. The predicted octanol–water partition coefficient (Wildman–Crippen LogP) is 2.04. The van der Waals surface area contributed by atoms with Crippen LogP contribution in [0.2, 0.25) is 0 Å². The highest BCUT2D eigenvalue weighted by Crippen LogP contribution is 2.16. The zero-order valence-corrected chi connectivity index (χ0v) is 7.35. The van der Waals surface area contributed by atoms with Crippen LogP contribution in [0.4, 0.5) is 0 Å². The third kappa shape index (κ3) is 1.24. The van der Waals surface area contributed by atoms with E-state index in [9.17, 15) is 0 Å². The van der Waals surface area contributed by atoms with Gasteiger partial charge in [-0.05, 0) is 30.3 Å². The van der Waals surface area contributed by atoms with Crippen molar-refractivity contribution in [3.8, 4) is 0 Å². The summed E-state index contributed by atoms with van der Waals surface area (Å²) in [5.41, 5.74) is 4.02. The highest BCUT2D eigenvalue weighted by molar-refractivity contribution is 5.55. The van der Waals surface area contributed by atoms with Gasteiger partial charge in [0.2, 0.25) is 0 Å². The molecule has 1 aromatic heterocycles. The molecule has 2 nitrogen and oxygen atoms in total. The van der Waals surface area contributed by atoms with Gasteiger partial charge in [0, 0.05) is 11.4 Å². The molecule has 1 aromatic rings. The summed E-state index contributed by atoms with van der Waals surface area (Å²) in [5, 5.41) is 3.18. The average Bonchev–Trinajstić information content (AvgIpc) is 2.47. The molecule has 0 fully saturated rings. The third-order valence-corrected chi connectivity index (χ3v) is 2.17. The van der Waals surface area contributed by atoms with Crippen LogP contribution in [0.1, 0.15) is 30.3 Å². The number of rotatable bonds is 2. The molecule has 12 heavy (non-hydrogen) atoms. The zero-order valence-electron chi connectivity index (χ0n) is 7.35. The Labute approximate surface area is 72.7 Å². The Morgan fingerprint density at radius 1 is 1.50 bits per heavy atom. The molecule has 1 aliphatic heterocycles. The van der Waals surface area contributed by atoms with E-state index >= 15 is 0 Å². The number of aromatic amines is 1. The molecule has 0 spiro atoms. The maximum absolute atomic E-state index is 3.42. The molecule has 0 atom stereocenters. The molecule has 0 saturated carbocycles. The number of hydrogen-bond donors (Lipinski definition) is 2. The molecule has 64 valence electrons. The van der Waals surface area contributed by atoms with Crippen LogP contribution in [-0.2, 0) is 13.0 Å². The molecule has 0 amide bonds. The summed E-state index contributed by atoms with van der Waals surface area (Å²) in [6.07, 6.45) is 6.48. The fraction of sp³-hybridized carbons (Fsp3) is 0.400. The quantitative estimate of drug-likeness (QED) is 0.684. The lowest BCUT2D eigenvalue weighted by atomic mass is 10.2. The lowest BCUT2D eigenvalue weighted by Crippen LogP contribution is -2.09. The Kier molecular flexibility index (Phi) is 1.90. The summed E-state index contributed by atoms with van der Waals surface area (Å²) in [6.45, 7) is 3.14. The summed E-state index contributed by atoms with van der Waals surface area (Å²) in [4.78, 5) is 3.42. The van der Waals surface area contributed by atoms with E-state index in [4.69, 9.17) is 0 Å².